The van der Waals surface area contributed by atoms with Gasteiger partial charge in [0.15, 0.2) is 5.78 Å². The number of carbonyl (C=O) groups is 1. The average Bonchev–Trinajstić information content (AvgIpc) is 2.96. The Labute approximate surface area is 124 Å². The van der Waals surface area contributed by atoms with Crippen molar-refractivity contribution in [3.63, 3.8) is 0 Å². The van der Waals surface area contributed by atoms with E-state index in [0.29, 0.717) is 12.5 Å². The molecule has 1 aromatic heterocycles. The van der Waals surface area contributed by atoms with Crippen LogP contribution in [0.25, 0.3) is 0 Å². The van der Waals surface area contributed by atoms with Crippen molar-refractivity contribution >= 4 is 22.8 Å². The van der Waals surface area contributed by atoms with Crippen LogP contribution in [0.5, 0.6) is 0 Å². The Hall–Kier alpha value is -1.61. The summed E-state index contributed by atoms with van der Waals surface area (Å²) >= 11 is 1.86. The summed E-state index contributed by atoms with van der Waals surface area (Å²) in [6.45, 7) is 5.21. The van der Waals surface area contributed by atoms with Gasteiger partial charge < -0.3 is 4.90 Å². The maximum Gasteiger partial charge on any atom is 0.162 e. The third-order valence-corrected chi connectivity index (χ3v) is 5.12. The van der Waals surface area contributed by atoms with E-state index in [1.807, 2.05) is 30.4 Å². The lowest BCUT2D eigenvalue weighted by atomic mass is 10.00. The molecule has 1 aromatic carbocycles. The number of anilines is 1. The second-order valence-electron chi connectivity index (χ2n) is 5.24. The van der Waals surface area contributed by atoms with Crippen LogP contribution >= 0.6 is 11.3 Å². The molecule has 0 saturated carbocycles. The van der Waals surface area contributed by atoms with Crippen molar-refractivity contribution in [3.8, 4) is 0 Å². The van der Waals surface area contributed by atoms with Gasteiger partial charge in [-0.3, -0.25) is 4.79 Å². The van der Waals surface area contributed by atoms with Crippen LogP contribution in [0.4, 0.5) is 5.69 Å². The number of ketones is 1. The molecule has 1 unspecified atom stereocenters. The van der Waals surface area contributed by atoms with Crippen LogP contribution in [-0.4, -0.2) is 12.3 Å². The third-order valence-electron chi connectivity index (χ3n) is 4.12. The molecule has 3 rings (SSSR count). The summed E-state index contributed by atoms with van der Waals surface area (Å²) in [5, 5.41) is 2.19. The number of nitrogens with zero attached hydrogens (tertiary/aromatic N) is 1. The molecule has 1 aliphatic heterocycles. The molecule has 3 heteroatoms. The number of benzene rings is 1. The SMILES string of the molecule is CCC(=O)c1ccc(N2CCc3sccc3C2C)cc1. The third kappa shape index (κ3) is 2.27. The molecule has 0 N–H and O–H groups in total. The van der Waals surface area contributed by atoms with E-state index in [2.05, 4.69) is 35.4 Å². The molecule has 0 saturated heterocycles. The summed E-state index contributed by atoms with van der Waals surface area (Å²) in [5.41, 5.74) is 3.48. The number of Topliss-reactive ketones (excluding diaryl/α,β-unsaturated/α-hetero) is 1. The zero-order valence-electron chi connectivity index (χ0n) is 11.9. The van der Waals surface area contributed by atoms with Crippen LogP contribution in [0.15, 0.2) is 35.7 Å². The molecule has 2 nitrogen and oxygen atoms in total. The number of hydrogen-bond donors (Lipinski definition) is 0. The van der Waals surface area contributed by atoms with Gasteiger partial charge in [-0.1, -0.05) is 6.92 Å². The quantitative estimate of drug-likeness (QED) is 0.776. The molecule has 20 heavy (non-hydrogen) atoms. The van der Waals surface area contributed by atoms with Gasteiger partial charge >= 0.3 is 0 Å². The van der Waals surface area contributed by atoms with Gasteiger partial charge in [-0.25, -0.2) is 0 Å². The Bertz CT molecular complexity index is 614. The average molecular weight is 285 g/mol. The van der Waals surface area contributed by atoms with Gasteiger partial charge in [-0.15, -0.1) is 11.3 Å². The summed E-state index contributed by atoms with van der Waals surface area (Å²) in [4.78, 5) is 15.6. The molecular formula is C17H19NOS. The Morgan fingerprint density at radius 1 is 1.30 bits per heavy atom. The molecule has 2 heterocycles. The van der Waals surface area contributed by atoms with E-state index in [4.69, 9.17) is 0 Å². The van der Waals surface area contributed by atoms with E-state index in [1.165, 1.54) is 16.1 Å². The minimum absolute atomic E-state index is 0.211. The van der Waals surface area contributed by atoms with Crippen molar-refractivity contribution in [2.75, 3.05) is 11.4 Å². The van der Waals surface area contributed by atoms with Crippen LogP contribution in [0.3, 0.4) is 0 Å². The summed E-state index contributed by atoms with van der Waals surface area (Å²) < 4.78 is 0. The highest BCUT2D eigenvalue weighted by Gasteiger charge is 2.24. The first kappa shape index (κ1) is 13.4. The molecule has 1 aliphatic rings. The van der Waals surface area contributed by atoms with Gasteiger partial charge in [0.25, 0.3) is 0 Å². The molecule has 0 amide bonds. The lowest BCUT2D eigenvalue weighted by molar-refractivity contribution is 0.0988. The summed E-state index contributed by atoms with van der Waals surface area (Å²) in [6, 6.07) is 10.7. The zero-order valence-corrected chi connectivity index (χ0v) is 12.7. The molecular weight excluding hydrogens is 266 g/mol. The second kappa shape index (κ2) is 5.41. The number of rotatable bonds is 3. The highest BCUT2D eigenvalue weighted by molar-refractivity contribution is 7.10. The van der Waals surface area contributed by atoms with Crippen molar-refractivity contribution in [3.05, 3.63) is 51.7 Å². The largest absolute Gasteiger partial charge is 0.364 e. The molecule has 0 aliphatic carbocycles. The second-order valence-corrected chi connectivity index (χ2v) is 6.24. The van der Waals surface area contributed by atoms with Crippen molar-refractivity contribution in [2.45, 2.75) is 32.7 Å². The minimum Gasteiger partial charge on any atom is -0.364 e. The van der Waals surface area contributed by atoms with E-state index >= 15 is 0 Å². The first-order chi connectivity index (χ1) is 9.70. The van der Waals surface area contributed by atoms with Crippen molar-refractivity contribution in [2.24, 2.45) is 0 Å². The van der Waals surface area contributed by atoms with E-state index in [1.54, 1.807) is 0 Å². The summed E-state index contributed by atoms with van der Waals surface area (Å²) in [6.07, 6.45) is 1.69. The molecule has 0 spiro atoms. The maximum absolute atomic E-state index is 11.7. The fraction of sp³-hybridized carbons (Fsp3) is 0.353. The Balaban J connectivity index is 1.85. The standard InChI is InChI=1S/C17H19NOS/c1-3-16(19)13-4-6-14(7-5-13)18-10-8-17-15(12(18)2)9-11-20-17/h4-7,9,11-12H,3,8,10H2,1-2H3. The van der Waals surface area contributed by atoms with Crippen molar-refractivity contribution in [1.82, 2.24) is 0 Å². The Kier molecular flexibility index (Phi) is 3.62. The normalized spacial score (nSPS) is 17.9. The zero-order chi connectivity index (χ0) is 14.1. The molecule has 1 atom stereocenters. The van der Waals surface area contributed by atoms with Gasteiger partial charge in [-0.2, -0.15) is 0 Å². The van der Waals surface area contributed by atoms with Crippen molar-refractivity contribution in [1.29, 1.82) is 0 Å². The smallest absolute Gasteiger partial charge is 0.162 e. The summed E-state index contributed by atoms with van der Waals surface area (Å²) in [5.74, 6) is 0.211. The molecule has 0 bridgehead atoms. The number of thiophene rings is 1. The molecule has 0 fully saturated rings. The van der Waals surface area contributed by atoms with Gasteiger partial charge in [-0.05, 0) is 54.6 Å². The number of carbonyl (C=O) groups excluding carboxylic acids is 1. The van der Waals surface area contributed by atoms with Crippen LogP contribution in [-0.2, 0) is 6.42 Å². The fourth-order valence-corrected chi connectivity index (χ4v) is 3.87. The van der Waals surface area contributed by atoms with Crippen molar-refractivity contribution < 1.29 is 4.79 Å². The Morgan fingerprint density at radius 3 is 2.75 bits per heavy atom. The monoisotopic (exact) mass is 285 g/mol. The highest BCUT2D eigenvalue weighted by atomic mass is 32.1. The lowest BCUT2D eigenvalue weighted by Crippen LogP contribution is -2.33. The number of hydrogen-bond acceptors (Lipinski definition) is 3. The molecule has 2 aromatic rings. The first-order valence-corrected chi connectivity index (χ1v) is 8.05. The van der Waals surface area contributed by atoms with Crippen LogP contribution < -0.4 is 4.90 Å². The minimum atomic E-state index is 0.211. The van der Waals surface area contributed by atoms with Crippen LogP contribution in [0, 0.1) is 0 Å². The molecule has 0 radical (unpaired) electrons. The lowest BCUT2D eigenvalue weighted by Gasteiger charge is -2.35. The predicted molar refractivity (Wildman–Crippen MR) is 84.8 cm³/mol. The predicted octanol–water partition coefficient (Wildman–Crippen LogP) is 4.46. The number of fused-ring (bicyclic) bond motifs is 1. The highest BCUT2D eigenvalue weighted by Crippen LogP contribution is 2.35. The van der Waals surface area contributed by atoms with E-state index in [-0.39, 0.29) is 5.78 Å². The van der Waals surface area contributed by atoms with Crippen LogP contribution in [0.1, 0.15) is 47.1 Å². The van der Waals surface area contributed by atoms with Gasteiger partial charge in [0.1, 0.15) is 0 Å². The van der Waals surface area contributed by atoms with Gasteiger partial charge in [0.05, 0.1) is 6.04 Å². The van der Waals surface area contributed by atoms with E-state index in [0.717, 1.165) is 18.5 Å². The van der Waals surface area contributed by atoms with E-state index < -0.39 is 0 Å². The van der Waals surface area contributed by atoms with Gasteiger partial charge in [0, 0.05) is 29.1 Å². The van der Waals surface area contributed by atoms with Gasteiger partial charge in [0.2, 0.25) is 0 Å². The first-order valence-electron chi connectivity index (χ1n) is 7.17. The van der Waals surface area contributed by atoms with E-state index in [9.17, 15) is 4.79 Å². The topological polar surface area (TPSA) is 20.3 Å². The molecule has 104 valence electrons. The Morgan fingerprint density at radius 2 is 2.05 bits per heavy atom. The fourth-order valence-electron chi connectivity index (χ4n) is 2.91. The summed E-state index contributed by atoms with van der Waals surface area (Å²) in [7, 11) is 0. The maximum atomic E-state index is 11.7. The van der Waals surface area contributed by atoms with Crippen LogP contribution in [0.2, 0.25) is 0 Å².